The Bertz CT molecular complexity index is 1520. The molecule has 0 radical (unpaired) electrons. The highest BCUT2D eigenvalue weighted by Gasteiger charge is 2.31. The first-order valence-corrected chi connectivity index (χ1v) is 14.1. The fourth-order valence-electron chi connectivity index (χ4n) is 5.58. The maximum Gasteiger partial charge on any atom is 0.401 e. The summed E-state index contributed by atoms with van der Waals surface area (Å²) in [4.78, 5) is 19.3. The summed E-state index contributed by atoms with van der Waals surface area (Å²) in [5.74, 6) is -2.41. The first-order valence-electron chi connectivity index (χ1n) is 14.1. The highest BCUT2D eigenvalue weighted by atomic mass is 19.4. The van der Waals surface area contributed by atoms with Crippen molar-refractivity contribution in [3.8, 4) is 17.0 Å². The number of carboxylic acids is 1. The Morgan fingerprint density at radius 1 is 1.07 bits per heavy atom. The molecule has 2 aromatic carbocycles. The predicted octanol–water partition coefficient (Wildman–Crippen LogP) is 6.87. The monoisotopic (exact) mass is 601 g/mol. The second-order valence-corrected chi connectivity index (χ2v) is 11.0. The Labute approximate surface area is 246 Å². The molecular formula is C32H32F5N3O3. The molecule has 0 atom stereocenters. The second kappa shape index (κ2) is 12.7. The van der Waals surface area contributed by atoms with Crippen LogP contribution in [0.15, 0.2) is 54.6 Å². The summed E-state index contributed by atoms with van der Waals surface area (Å²) in [5.41, 5.74) is 4.00. The van der Waals surface area contributed by atoms with Gasteiger partial charge in [-0.2, -0.15) is 13.2 Å². The van der Waals surface area contributed by atoms with E-state index in [0.29, 0.717) is 50.4 Å². The van der Waals surface area contributed by atoms with Crippen molar-refractivity contribution in [1.82, 2.24) is 9.88 Å². The van der Waals surface area contributed by atoms with E-state index >= 15 is 4.39 Å². The number of aryl methyl sites for hydroxylation is 1. The van der Waals surface area contributed by atoms with Gasteiger partial charge in [0.1, 0.15) is 18.2 Å². The van der Waals surface area contributed by atoms with Crippen LogP contribution in [0.5, 0.6) is 5.75 Å². The molecule has 0 spiro atoms. The van der Waals surface area contributed by atoms with Gasteiger partial charge in [0.25, 0.3) is 0 Å². The number of piperidine rings is 1. The number of carbonyl (C=O) groups is 1. The van der Waals surface area contributed by atoms with Gasteiger partial charge in [-0.05, 0) is 66.6 Å². The van der Waals surface area contributed by atoms with Crippen molar-refractivity contribution in [3.63, 3.8) is 0 Å². The molecule has 43 heavy (non-hydrogen) atoms. The Hall–Kier alpha value is -3.99. The molecule has 0 amide bonds. The Morgan fingerprint density at radius 2 is 1.84 bits per heavy atom. The van der Waals surface area contributed by atoms with Crippen molar-refractivity contribution in [2.45, 2.75) is 39.0 Å². The number of hydrogen-bond donors (Lipinski definition) is 1. The van der Waals surface area contributed by atoms with E-state index in [2.05, 4.69) is 4.98 Å². The Kier molecular flexibility index (Phi) is 9.00. The number of ether oxygens (including phenoxy) is 1. The molecule has 0 aliphatic carbocycles. The smallest absolute Gasteiger partial charge is 0.401 e. The third-order valence-electron chi connectivity index (χ3n) is 7.97. The molecule has 11 heteroatoms. The highest BCUT2D eigenvalue weighted by molar-refractivity contribution is 5.71. The Morgan fingerprint density at radius 3 is 2.49 bits per heavy atom. The number of rotatable bonds is 8. The van der Waals surface area contributed by atoms with Crippen LogP contribution in [0.25, 0.3) is 16.8 Å². The molecule has 1 N–H and O–H groups in total. The fourth-order valence-corrected chi connectivity index (χ4v) is 5.58. The number of benzene rings is 2. The summed E-state index contributed by atoms with van der Waals surface area (Å²) in [6.45, 7) is 2.50. The molecule has 0 unspecified atom stereocenters. The summed E-state index contributed by atoms with van der Waals surface area (Å²) in [6.07, 6.45) is -0.950. The quantitative estimate of drug-likeness (QED) is 0.285. The van der Waals surface area contributed by atoms with Crippen LogP contribution in [0.4, 0.5) is 27.8 Å². The van der Waals surface area contributed by atoms with Gasteiger partial charge in [-0.3, -0.25) is 9.69 Å². The van der Waals surface area contributed by atoms with E-state index in [-0.39, 0.29) is 24.5 Å². The lowest BCUT2D eigenvalue weighted by Gasteiger charge is -2.31. The topological polar surface area (TPSA) is 65.9 Å². The SMILES string of the molecule is Cc1cc(C2=CCN(CC(F)(F)F)CC2)ccc1COc1c(F)cc(F)cc1-c1cccc(N2CCC(C(=O)O)CC2)n1. The molecule has 3 heterocycles. The number of aliphatic carboxylic acids is 1. The Balaban J connectivity index is 1.31. The molecule has 0 saturated carbocycles. The zero-order valence-electron chi connectivity index (χ0n) is 23.6. The van der Waals surface area contributed by atoms with Crippen molar-refractivity contribution < 1.29 is 36.6 Å². The van der Waals surface area contributed by atoms with Crippen molar-refractivity contribution in [2.24, 2.45) is 5.92 Å². The number of anilines is 1. The number of carboxylic acid groups (broad SMARTS) is 1. The summed E-state index contributed by atoms with van der Waals surface area (Å²) in [6, 6.07) is 12.7. The van der Waals surface area contributed by atoms with Gasteiger partial charge < -0.3 is 14.7 Å². The van der Waals surface area contributed by atoms with Crippen LogP contribution in [0.1, 0.15) is 36.0 Å². The largest absolute Gasteiger partial charge is 0.485 e. The predicted molar refractivity (Wildman–Crippen MR) is 153 cm³/mol. The molecule has 5 rings (SSSR count). The second-order valence-electron chi connectivity index (χ2n) is 11.0. The van der Waals surface area contributed by atoms with E-state index in [0.717, 1.165) is 28.3 Å². The molecule has 2 aliphatic rings. The van der Waals surface area contributed by atoms with Crippen LogP contribution in [0, 0.1) is 24.5 Å². The van der Waals surface area contributed by atoms with Crippen molar-refractivity contribution in [1.29, 1.82) is 0 Å². The zero-order valence-corrected chi connectivity index (χ0v) is 23.6. The molecule has 1 fully saturated rings. The lowest BCUT2D eigenvalue weighted by atomic mass is 9.96. The molecule has 0 bridgehead atoms. The maximum atomic E-state index is 15.1. The molecule has 6 nitrogen and oxygen atoms in total. The molecule has 1 aromatic heterocycles. The molecule has 2 aliphatic heterocycles. The number of hydrogen-bond acceptors (Lipinski definition) is 5. The van der Waals surface area contributed by atoms with E-state index in [4.69, 9.17) is 4.74 Å². The van der Waals surface area contributed by atoms with E-state index < -0.39 is 36.2 Å². The number of aromatic nitrogens is 1. The molecule has 3 aromatic rings. The van der Waals surface area contributed by atoms with Crippen LogP contribution >= 0.6 is 0 Å². The summed E-state index contributed by atoms with van der Waals surface area (Å²) in [5, 5.41) is 9.28. The fraction of sp³-hybridized carbons (Fsp3) is 0.375. The molecular weight excluding hydrogens is 569 g/mol. The van der Waals surface area contributed by atoms with Gasteiger partial charge in [0, 0.05) is 37.8 Å². The normalized spacial score (nSPS) is 16.7. The number of halogens is 5. The van der Waals surface area contributed by atoms with Crippen LogP contribution in [0.2, 0.25) is 0 Å². The average Bonchev–Trinajstić information content (AvgIpc) is 2.96. The lowest BCUT2D eigenvalue weighted by molar-refractivity contribution is -0.145. The van der Waals surface area contributed by atoms with Gasteiger partial charge in [0.05, 0.1) is 18.2 Å². The van der Waals surface area contributed by atoms with E-state index in [1.807, 2.05) is 36.1 Å². The van der Waals surface area contributed by atoms with Crippen LogP contribution in [-0.4, -0.2) is 59.9 Å². The summed E-state index contributed by atoms with van der Waals surface area (Å²) < 4.78 is 73.5. The summed E-state index contributed by atoms with van der Waals surface area (Å²) in [7, 11) is 0. The minimum atomic E-state index is -4.23. The minimum Gasteiger partial charge on any atom is -0.485 e. The molecule has 1 saturated heterocycles. The first-order chi connectivity index (χ1) is 20.5. The molecule has 228 valence electrons. The van der Waals surface area contributed by atoms with Gasteiger partial charge in [-0.1, -0.05) is 30.3 Å². The number of alkyl halides is 3. The first kappa shape index (κ1) is 30.5. The highest BCUT2D eigenvalue weighted by Crippen LogP contribution is 2.35. The van der Waals surface area contributed by atoms with Gasteiger partial charge >= 0.3 is 12.1 Å². The van der Waals surface area contributed by atoms with Crippen molar-refractivity contribution >= 4 is 17.4 Å². The van der Waals surface area contributed by atoms with Crippen LogP contribution in [0.3, 0.4) is 0 Å². The maximum absolute atomic E-state index is 15.1. The summed E-state index contributed by atoms with van der Waals surface area (Å²) >= 11 is 0. The third-order valence-corrected chi connectivity index (χ3v) is 7.97. The lowest BCUT2D eigenvalue weighted by Crippen LogP contribution is -2.36. The van der Waals surface area contributed by atoms with Crippen molar-refractivity contribution in [3.05, 3.63) is 82.9 Å². The van der Waals surface area contributed by atoms with Gasteiger partial charge in [-0.15, -0.1) is 0 Å². The van der Waals surface area contributed by atoms with Gasteiger partial charge in [-0.25, -0.2) is 13.8 Å². The minimum absolute atomic E-state index is 0.00245. The van der Waals surface area contributed by atoms with Gasteiger partial charge in [0.15, 0.2) is 11.6 Å². The van der Waals surface area contributed by atoms with E-state index in [1.165, 1.54) is 11.0 Å². The van der Waals surface area contributed by atoms with Crippen LogP contribution < -0.4 is 9.64 Å². The van der Waals surface area contributed by atoms with Gasteiger partial charge in [0.2, 0.25) is 0 Å². The van der Waals surface area contributed by atoms with E-state index in [9.17, 15) is 27.5 Å². The van der Waals surface area contributed by atoms with E-state index in [1.54, 1.807) is 18.2 Å². The third kappa shape index (κ3) is 7.51. The number of nitrogens with zero attached hydrogens (tertiary/aromatic N) is 3. The number of pyridine rings is 1. The zero-order chi connectivity index (χ0) is 30.7. The van der Waals surface area contributed by atoms with Crippen LogP contribution in [-0.2, 0) is 11.4 Å². The standard InChI is InChI=1S/C32H32F5N3O3/c1-20-15-23(21-7-11-39(12-8-21)19-32(35,36)37)5-6-24(20)18-43-30-26(16-25(33)17-27(30)34)28-3-2-4-29(38-28)40-13-9-22(10-14-40)31(41)42/h2-7,15-17,22H,8-14,18-19H2,1H3,(H,41,42). The van der Waals surface area contributed by atoms with Crippen molar-refractivity contribution in [2.75, 3.05) is 37.6 Å². The average molecular weight is 602 g/mol.